The summed E-state index contributed by atoms with van der Waals surface area (Å²) in [6, 6.07) is 17.9. The van der Waals surface area contributed by atoms with E-state index in [1.54, 1.807) is 5.57 Å². The predicted molar refractivity (Wildman–Crippen MR) is 101 cm³/mol. The van der Waals surface area contributed by atoms with Crippen molar-refractivity contribution >= 4 is 5.57 Å². The highest BCUT2D eigenvalue weighted by atomic mass is 14.2. The SMILES string of the molecule is CCCCC1CC=C(c2ccc(-c3ccc(C)cc3)cc2)CC1. The number of rotatable bonds is 5. The van der Waals surface area contributed by atoms with Crippen LogP contribution in [-0.2, 0) is 0 Å². The molecule has 0 N–H and O–H groups in total. The average Bonchev–Trinajstić information content (AvgIpc) is 2.61. The zero-order valence-electron chi connectivity index (χ0n) is 14.5. The third-order valence-corrected chi connectivity index (χ3v) is 5.13. The van der Waals surface area contributed by atoms with Crippen LogP contribution in [0.4, 0.5) is 0 Å². The van der Waals surface area contributed by atoms with Crippen LogP contribution < -0.4 is 0 Å². The van der Waals surface area contributed by atoms with Gasteiger partial charge < -0.3 is 0 Å². The van der Waals surface area contributed by atoms with Gasteiger partial charge in [0.2, 0.25) is 0 Å². The van der Waals surface area contributed by atoms with Gasteiger partial charge in [-0.15, -0.1) is 0 Å². The third kappa shape index (κ3) is 4.13. The summed E-state index contributed by atoms with van der Waals surface area (Å²) in [5.41, 5.74) is 6.89. The Balaban J connectivity index is 1.68. The van der Waals surface area contributed by atoms with Gasteiger partial charge in [0.25, 0.3) is 0 Å². The third-order valence-electron chi connectivity index (χ3n) is 5.13. The van der Waals surface area contributed by atoms with Crippen LogP contribution in [0.2, 0.25) is 0 Å². The van der Waals surface area contributed by atoms with E-state index in [0.29, 0.717) is 0 Å². The smallest absolute Gasteiger partial charge is 0.0184 e. The van der Waals surface area contributed by atoms with Gasteiger partial charge in [-0.2, -0.15) is 0 Å². The second-order valence-electron chi connectivity index (χ2n) is 6.96. The average molecular weight is 304 g/mol. The Kier molecular flexibility index (Phi) is 5.33. The van der Waals surface area contributed by atoms with E-state index in [9.17, 15) is 0 Å². The first-order valence-electron chi connectivity index (χ1n) is 9.13. The van der Waals surface area contributed by atoms with Crippen molar-refractivity contribution in [3.8, 4) is 11.1 Å². The first-order chi connectivity index (χ1) is 11.3. The maximum Gasteiger partial charge on any atom is -0.0184 e. The van der Waals surface area contributed by atoms with Crippen molar-refractivity contribution in [3.05, 3.63) is 65.7 Å². The molecule has 0 spiro atoms. The van der Waals surface area contributed by atoms with Crippen molar-refractivity contribution in [1.29, 1.82) is 0 Å². The molecule has 1 aliphatic carbocycles. The molecule has 1 unspecified atom stereocenters. The van der Waals surface area contributed by atoms with Crippen LogP contribution in [0, 0.1) is 12.8 Å². The highest BCUT2D eigenvalue weighted by Gasteiger charge is 2.14. The maximum absolute atomic E-state index is 2.49. The van der Waals surface area contributed by atoms with E-state index in [2.05, 4.69) is 68.5 Å². The molecule has 0 fully saturated rings. The van der Waals surface area contributed by atoms with Gasteiger partial charge in [0.1, 0.15) is 0 Å². The lowest BCUT2D eigenvalue weighted by molar-refractivity contribution is 0.434. The van der Waals surface area contributed by atoms with Crippen LogP contribution >= 0.6 is 0 Å². The topological polar surface area (TPSA) is 0 Å². The van der Waals surface area contributed by atoms with Crippen molar-refractivity contribution in [2.45, 2.75) is 52.4 Å². The van der Waals surface area contributed by atoms with E-state index in [4.69, 9.17) is 0 Å². The molecule has 0 aliphatic heterocycles. The normalized spacial score (nSPS) is 17.8. The van der Waals surface area contributed by atoms with Crippen LogP contribution in [0.3, 0.4) is 0 Å². The Bertz CT molecular complexity index is 643. The Labute approximate surface area is 141 Å². The summed E-state index contributed by atoms with van der Waals surface area (Å²) in [7, 11) is 0. The number of aryl methyl sites for hydroxylation is 1. The molecule has 0 bridgehead atoms. The molecule has 0 heteroatoms. The van der Waals surface area contributed by atoms with Gasteiger partial charge in [0.05, 0.1) is 0 Å². The van der Waals surface area contributed by atoms with Crippen LogP contribution in [0.25, 0.3) is 16.7 Å². The molecule has 23 heavy (non-hydrogen) atoms. The largest absolute Gasteiger partial charge is 0.0804 e. The van der Waals surface area contributed by atoms with E-state index in [0.717, 1.165) is 5.92 Å². The van der Waals surface area contributed by atoms with Gasteiger partial charge in [0, 0.05) is 0 Å². The van der Waals surface area contributed by atoms with Crippen LogP contribution in [-0.4, -0.2) is 0 Å². The quantitative estimate of drug-likeness (QED) is 0.556. The fraction of sp³-hybridized carbons (Fsp3) is 0.391. The molecular formula is C23H28. The lowest BCUT2D eigenvalue weighted by atomic mass is 9.84. The minimum Gasteiger partial charge on any atom is -0.0804 e. The van der Waals surface area contributed by atoms with Gasteiger partial charge in [0.15, 0.2) is 0 Å². The maximum atomic E-state index is 2.49. The molecule has 0 aromatic heterocycles. The van der Waals surface area contributed by atoms with E-state index in [1.165, 1.54) is 60.8 Å². The van der Waals surface area contributed by atoms with Gasteiger partial charge in [-0.25, -0.2) is 0 Å². The van der Waals surface area contributed by atoms with Crippen molar-refractivity contribution in [2.75, 3.05) is 0 Å². The Morgan fingerprint density at radius 1 is 0.870 bits per heavy atom. The molecule has 2 aromatic rings. The van der Waals surface area contributed by atoms with Crippen LogP contribution in [0.15, 0.2) is 54.6 Å². The second kappa shape index (κ2) is 7.64. The highest BCUT2D eigenvalue weighted by molar-refractivity contribution is 5.71. The number of allylic oxidation sites excluding steroid dienone is 2. The van der Waals surface area contributed by atoms with Gasteiger partial charge in [-0.05, 0) is 54.4 Å². The van der Waals surface area contributed by atoms with E-state index in [1.807, 2.05) is 0 Å². The van der Waals surface area contributed by atoms with Gasteiger partial charge >= 0.3 is 0 Å². The molecular weight excluding hydrogens is 276 g/mol. The molecule has 0 radical (unpaired) electrons. The summed E-state index contributed by atoms with van der Waals surface area (Å²) in [5.74, 6) is 0.922. The zero-order chi connectivity index (χ0) is 16.1. The summed E-state index contributed by atoms with van der Waals surface area (Å²) in [5, 5.41) is 0. The van der Waals surface area contributed by atoms with Gasteiger partial charge in [-0.3, -0.25) is 0 Å². The summed E-state index contributed by atoms with van der Waals surface area (Å²) >= 11 is 0. The molecule has 0 heterocycles. The highest BCUT2D eigenvalue weighted by Crippen LogP contribution is 2.33. The number of benzene rings is 2. The molecule has 0 amide bonds. The van der Waals surface area contributed by atoms with Crippen molar-refractivity contribution in [2.24, 2.45) is 5.92 Å². The monoisotopic (exact) mass is 304 g/mol. The molecule has 120 valence electrons. The van der Waals surface area contributed by atoms with Crippen LogP contribution in [0.1, 0.15) is 56.6 Å². The molecule has 0 nitrogen and oxygen atoms in total. The Morgan fingerprint density at radius 3 is 2.04 bits per heavy atom. The summed E-state index contributed by atoms with van der Waals surface area (Å²) < 4.78 is 0. The predicted octanol–water partition coefficient (Wildman–Crippen LogP) is 7.04. The molecule has 0 saturated carbocycles. The van der Waals surface area contributed by atoms with Crippen molar-refractivity contribution < 1.29 is 0 Å². The molecule has 1 atom stereocenters. The zero-order valence-corrected chi connectivity index (χ0v) is 14.5. The molecule has 2 aromatic carbocycles. The fourth-order valence-electron chi connectivity index (χ4n) is 3.53. The molecule has 3 rings (SSSR count). The van der Waals surface area contributed by atoms with Crippen molar-refractivity contribution in [3.63, 3.8) is 0 Å². The minimum absolute atomic E-state index is 0.922. The number of hydrogen-bond donors (Lipinski definition) is 0. The summed E-state index contributed by atoms with van der Waals surface area (Å²) in [6.07, 6.45) is 10.5. The summed E-state index contributed by atoms with van der Waals surface area (Å²) in [4.78, 5) is 0. The summed E-state index contributed by atoms with van der Waals surface area (Å²) in [6.45, 7) is 4.43. The van der Waals surface area contributed by atoms with E-state index in [-0.39, 0.29) is 0 Å². The minimum atomic E-state index is 0.922. The lowest BCUT2D eigenvalue weighted by Crippen LogP contribution is -2.05. The van der Waals surface area contributed by atoms with Crippen molar-refractivity contribution in [1.82, 2.24) is 0 Å². The number of unbranched alkanes of at least 4 members (excludes halogenated alkanes) is 1. The number of hydrogen-bond acceptors (Lipinski definition) is 0. The van der Waals surface area contributed by atoms with E-state index >= 15 is 0 Å². The Morgan fingerprint density at radius 2 is 1.48 bits per heavy atom. The standard InChI is InChI=1S/C23H28/c1-3-4-5-19-8-12-21(13-9-19)23-16-14-22(15-17-23)20-10-6-18(2)7-11-20/h6-7,10-12,14-17,19H,3-5,8-9,13H2,1-2H3. The van der Waals surface area contributed by atoms with Gasteiger partial charge in [-0.1, -0.05) is 86.4 Å². The first-order valence-corrected chi connectivity index (χ1v) is 9.13. The van der Waals surface area contributed by atoms with Crippen LogP contribution in [0.5, 0.6) is 0 Å². The molecule has 1 aliphatic rings. The molecule has 0 saturated heterocycles. The second-order valence-corrected chi connectivity index (χ2v) is 6.96. The Hall–Kier alpha value is -1.82. The first kappa shape index (κ1) is 16.1. The lowest BCUT2D eigenvalue weighted by Gasteiger charge is -2.22. The van der Waals surface area contributed by atoms with E-state index < -0.39 is 0 Å². The fourth-order valence-corrected chi connectivity index (χ4v) is 3.53.